The van der Waals surface area contributed by atoms with Crippen LogP contribution in [0.15, 0.2) is 6.58 Å². The molecule has 30 heavy (non-hydrogen) atoms. The fourth-order valence-corrected chi connectivity index (χ4v) is 4.38. The summed E-state index contributed by atoms with van der Waals surface area (Å²) < 4.78 is 13.0. The van der Waals surface area contributed by atoms with Crippen molar-refractivity contribution in [3.63, 3.8) is 0 Å². The first-order valence-corrected chi connectivity index (χ1v) is 11.8. The van der Waals surface area contributed by atoms with E-state index in [1.165, 1.54) is 0 Å². The minimum Gasteiger partial charge on any atom is -0.461 e. The summed E-state index contributed by atoms with van der Waals surface area (Å²) in [5.41, 5.74) is 3.20. The molecule has 1 aromatic heterocycles. The van der Waals surface area contributed by atoms with E-state index in [1.807, 2.05) is 41.5 Å². The topological polar surface area (TPSA) is 51.7 Å². The smallest absolute Gasteiger partial charge is 0.340 e. The fourth-order valence-electron chi connectivity index (χ4n) is 3.63. The monoisotopic (exact) mass is 528 g/mol. The summed E-state index contributed by atoms with van der Waals surface area (Å²) in [4.78, 5) is 20.3. The lowest BCUT2D eigenvalue weighted by Crippen LogP contribution is -2.40. The molecule has 168 valence electrons. The van der Waals surface area contributed by atoms with Crippen LogP contribution in [-0.2, 0) is 14.3 Å². The molecule has 2 heterocycles. The molecule has 0 bridgehead atoms. The second-order valence-electron chi connectivity index (χ2n) is 10.1. The highest BCUT2D eigenvalue weighted by atomic mass is 127. The molecule has 1 aliphatic heterocycles. The van der Waals surface area contributed by atoms with Crippen LogP contribution < -0.4 is 4.90 Å². The Morgan fingerprint density at radius 2 is 1.83 bits per heavy atom. The molecule has 1 saturated heterocycles. The molecule has 0 aromatic carbocycles. The summed E-state index contributed by atoms with van der Waals surface area (Å²) in [6.07, 6.45) is 2.81. The lowest BCUT2D eigenvalue weighted by atomic mass is 9.82. The predicted octanol–water partition coefficient (Wildman–Crippen LogP) is 6.07. The van der Waals surface area contributed by atoms with Gasteiger partial charge in [0.05, 0.1) is 32.4 Å². The molecule has 1 aromatic rings. The molecule has 0 unspecified atom stereocenters. The third-order valence-electron chi connectivity index (χ3n) is 5.27. The van der Waals surface area contributed by atoms with E-state index >= 15 is 0 Å². The van der Waals surface area contributed by atoms with E-state index in [-0.39, 0.29) is 12.1 Å². The summed E-state index contributed by atoms with van der Waals surface area (Å²) in [7, 11) is 0. The lowest BCUT2D eigenvalue weighted by molar-refractivity contribution is -0.171. The first-order chi connectivity index (χ1) is 13.8. The second-order valence-corrected chi connectivity index (χ2v) is 11.2. The third-order valence-corrected chi connectivity index (χ3v) is 6.56. The number of hydrogen-bond acceptors (Lipinski definition) is 5. The van der Waals surface area contributed by atoms with Crippen molar-refractivity contribution < 1.29 is 14.3 Å². The number of hydrogen-bond donors (Lipinski definition) is 0. The van der Waals surface area contributed by atoms with Crippen molar-refractivity contribution in [3.8, 4) is 0 Å². The number of pyridine rings is 1. The van der Waals surface area contributed by atoms with Gasteiger partial charge in [-0.25, -0.2) is 4.79 Å². The number of ether oxygens (including phenoxy) is 2. The Morgan fingerprint density at radius 3 is 2.30 bits per heavy atom. The molecule has 0 radical (unpaired) electrons. The number of carbonyl (C=O) groups is 1. The van der Waals surface area contributed by atoms with Gasteiger partial charge in [0.1, 0.15) is 0 Å². The fraction of sp³-hybridized carbons (Fsp3) is 0.667. The number of piperidine rings is 1. The molecule has 6 heteroatoms. The van der Waals surface area contributed by atoms with Gasteiger partial charge < -0.3 is 14.4 Å². The molecule has 1 fully saturated rings. The van der Waals surface area contributed by atoms with Gasteiger partial charge >= 0.3 is 5.97 Å². The first-order valence-electron chi connectivity index (χ1n) is 10.7. The molecule has 0 spiro atoms. The van der Waals surface area contributed by atoms with Gasteiger partial charge in [-0.05, 0) is 88.5 Å². The van der Waals surface area contributed by atoms with E-state index in [2.05, 4.69) is 47.9 Å². The van der Waals surface area contributed by atoms with Gasteiger partial charge in [0.25, 0.3) is 0 Å². The molecule has 0 amide bonds. The summed E-state index contributed by atoms with van der Waals surface area (Å²) in [5.74, 6) is -0.386. The average molecular weight is 528 g/mol. The van der Waals surface area contributed by atoms with Crippen LogP contribution in [0.3, 0.4) is 0 Å². The maximum Gasteiger partial charge on any atom is 0.340 e. The Hall–Kier alpha value is -1.15. The summed E-state index contributed by atoms with van der Waals surface area (Å²) in [6, 6.07) is 0. The zero-order chi connectivity index (χ0) is 22.9. The minimum absolute atomic E-state index is 0.229. The second kappa shape index (κ2) is 9.55. The standard InChI is InChI=1S/C24H37IN2O3/c1-10-17-18(21(30-23(5,6)7)22(28)29-15(2)3)20(19(25)16(4)26-17)27-13-11-24(8,9)12-14-27/h10,15,21H,1,11-14H2,2-9H3/t21-/m0/s1. The van der Waals surface area contributed by atoms with Gasteiger partial charge in [0, 0.05) is 18.7 Å². The van der Waals surface area contributed by atoms with E-state index < -0.39 is 11.7 Å². The number of aryl methyl sites for hydroxylation is 1. The van der Waals surface area contributed by atoms with Gasteiger partial charge in [-0.3, -0.25) is 4.98 Å². The number of esters is 1. The van der Waals surface area contributed by atoms with E-state index in [1.54, 1.807) is 6.08 Å². The number of aromatic nitrogens is 1. The normalized spacial score (nSPS) is 17.7. The van der Waals surface area contributed by atoms with Crippen molar-refractivity contribution in [1.82, 2.24) is 4.98 Å². The molecule has 1 aliphatic rings. The van der Waals surface area contributed by atoms with Gasteiger partial charge in [-0.2, -0.15) is 0 Å². The Labute approximate surface area is 195 Å². The molecule has 2 rings (SSSR count). The SMILES string of the molecule is C=Cc1nc(C)c(I)c(N2CCC(C)(C)CC2)c1[C@H](OC(C)(C)C)C(=O)OC(C)C. The van der Waals surface area contributed by atoms with Crippen LogP contribution in [0.2, 0.25) is 0 Å². The third kappa shape index (κ3) is 6.19. The predicted molar refractivity (Wildman–Crippen MR) is 132 cm³/mol. The highest BCUT2D eigenvalue weighted by molar-refractivity contribution is 14.1. The highest BCUT2D eigenvalue weighted by Gasteiger charge is 2.37. The number of halogens is 1. The van der Waals surface area contributed by atoms with Crippen molar-refractivity contribution >= 4 is 40.3 Å². The van der Waals surface area contributed by atoms with E-state index in [0.29, 0.717) is 11.1 Å². The Morgan fingerprint density at radius 1 is 1.27 bits per heavy atom. The van der Waals surface area contributed by atoms with Crippen LogP contribution >= 0.6 is 22.6 Å². The van der Waals surface area contributed by atoms with Crippen LogP contribution in [0.4, 0.5) is 5.69 Å². The lowest BCUT2D eigenvalue weighted by Gasteiger charge is -2.40. The maximum absolute atomic E-state index is 13.2. The molecule has 5 nitrogen and oxygen atoms in total. The molecule has 0 N–H and O–H groups in total. The quantitative estimate of drug-likeness (QED) is 0.331. The van der Waals surface area contributed by atoms with E-state index in [0.717, 1.165) is 46.4 Å². The number of anilines is 1. The summed E-state index contributed by atoms with van der Waals surface area (Å²) in [5, 5.41) is 0. The summed E-state index contributed by atoms with van der Waals surface area (Å²) >= 11 is 2.35. The van der Waals surface area contributed by atoms with Gasteiger partial charge in [-0.15, -0.1) is 0 Å². The van der Waals surface area contributed by atoms with Crippen LogP contribution in [0.5, 0.6) is 0 Å². The van der Waals surface area contributed by atoms with Gasteiger partial charge in [0.15, 0.2) is 6.10 Å². The first kappa shape index (κ1) is 25.1. The Kier molecular flexibility index (Phi) is 8.00. The van der Waals surface area contributed by atoms with E-state index in [4.69, 9.17) is 14.5 Å². The van der Waals surface area contributed by atoms with Gasteiger partial charge in [0.2, 0.25) is 0 Å². The van der Waals surface area contributed by atoms with Crippen molar-refractivity contribution in [2.75, 3.05) is 18.0 Å². The minimum atomic E-state index is -0.869. The van der Waals surface area contributed by atoms with E-state index in [9.17, 15) is 4.79 Å². The zero-order valence-electron chi connectivity index (χ0n) is 19.8. The Bertz CT molecular complexity index is 787. The number of rotatable bonds is 6. The number of carbonyl (C=O) groups excluding carboxylic acids is 1. The van der Waals surface area contributed by atoms with Crippen molar-refractivity contribution in [3.05, 3.63) is 27.1 Å². The molecule has 0 aliphatic carbocycles. The molecule has 1 atom stereocenters. The van der Waals surface area contributed by atoms with Crippen molar-refractivity contribution in [2.45, 2.75) is 86.0 Å². The van der Waals surface area contributed by atoms with Crippen LogP contribution in [0.1, 0.15) is 84.4 Å². The largest absolute Gasteiger partial charge is 0.461 e. The highest BCUT2D eigenvalue weighted by Crippen LogP contribution is 2.42. The molecule has 0 saturated carbocycles. The van der Waals surface area contributed by atoms with Crippen LogP contribution in [0, 0.1) is 15.9 Å². The zero-order valence-corrected chi connectivity index (χ0v) is 21.9. The number of nitrogens with zero attached hydrogens (tertiary/aromatic N) is 2. The molecular weight excluding hydrogens is 491 g/mol. The summed E-state index contributed by atoms with van der Waals surface area (Å²) in [6.45, 7) is 22.0. The Balaban J connectivity index is 2.68. The van der Waals surface area contributed by atoms with Crippen molar-refractivity contribution in [1.29, 1.82) is 0 Å². The molecular formula is C24H37IN2O3. The average Bonchev–Trinajstić information content (AvgIpc) is 2.60. The van der Waals surface area contributed by atoms with Crippen LogP contribution in [0.25, 0.3) is 6.08 Å². The maximum atomic E-state index is 13.2. The van der Waals surface area contributed by atoms with Gasteiger partial charge in [-0.1, -0.05) is 20.4 Å². The van der Waals surface area contributed by atoms with Crippen molar-refractivity contribution in [2.24, 2.45) is 5.41 Å². The van der Waals surface area contributed by atoms with Crippen LogP contribution in [-0.4, -0.2) is 35.7 Å².